The Bertz CT molecular complexity index is 400. The van der Waals surface area contributed by atoms with E-state index >= 15 is 0 Å². The van der Waals surface area contributed by atoms with Crippen LogP contribution in [0, 0.1) is 11.6 Å². The van der Waals surface area contributed by atoms with Gasteiger partial charge in [-0.05, 0) is 18.6 Å². The van der Waals surface area contributed by atoms with E-state index < -0.39 is 11.6 Å². The van der Waals surface area contributed by atoms with Gasteiger partial charge in [-0.15, -0.1) is 0 Å². The van der Waals surface area contributed by atoms with Crippen molar-refractivity contribution in [2.45, 2.75) is 18.6 Å². The minimum absolute atomic E-state index is 0.403. The molecule has 0 saturated heterocycles. The van der Waals surface area contributed by atoms with Crippen molar-refractivity contribution in [3.63, 3.8) is 0 Å². The number of hydrogen-bond donors (Lipinski definition) is 1. The fraction of sp³-hybridized carbons (Fsp3) is 0.364. The smallest absolute Gasteiger partial charge is 0.161 e. The second-order valence-corrected chi connectivity index (χ2v) is 4.87. The summed E-state index contributed by atoms with van der Waals surface area (Å²) in [6.45, 7) is 2.86. The summed E-state index contributed by atoms with van der Waals surface area (Å²) in [6.07, 6.45) is 1.04. The summed E-state index contributed by atoms with van der Waals surface area (Å²) in [5.74, 6) is -1.17. The van der Waals surface area contributed by atoms with Gasteiger partial charge >= 0.3 is 0 Å². The van der Waals surface area contributed by atoms with E-state index in [9.17, 15) is 8.78 Å². The lowest BCUT2D eigenvalue weighted by Gasteiger charge is -2.07. The normalized spacial score (nSPS) is 19.7. The lowest BCUT2D eigenvalue weighted by Crippen LogP contribution is -2.07. The molecule has 1 heterocycles. The van der Waals surface area contributed by atoms with Gasteiger partial charge in [0.1, 0.15) is 11.6 Å². The van der Waals surface area contributed by atoms with Gasteiger partial charge in [0.05, 0.1) is 6.54 Å². The van der Waals surface area contributed by atoms with Crippen molar-refractivity contribution >= 4 is 22.6 Å². The molecule has 0 bridgehead atoms. The average molecular weight is 242 g/mol. The van der Waals surface area contributed by atoms with Gasteiger partial charge in [0.2, 0.25) is 0 Å². The maximum Gasteiger partial charge on any atom is 0.161 e. The van der Waals surface area contributed by atoms with Crippen molar-refractivity contribution in [2.24, 2.45) is 4.99 Å². The van der Waals surface area contributed by atoms with Crippen LogP contribution in [0.5, 0.6) is 0 Å². The fourth-order valence-corrected chi connectivity index (χ4v) is 2.41. The molecule has 0 fully saturated rings. The topological polar surface area (TPSA) is 24.4 Å². The first-order valence-corrected chi connectivity index (χ1v) is 5.99. The number of rotatable bonds is 2. The highest BCUT2D eigenvalue weighted by atomic mass is 32.2. The Labute approximate surface area is 97.1 Å². The van der Waals surface area contributed by atoms with E-state index in [2.05, 4.69) is 17.2 Å². The van der Waals surface area contributed by atoms with Crippen LogP contribution in [0.1, 0.15) is 13.3 Å². The zero-order valence-electron chi connectivity index (χ0n) is 8.84. The summed E-state index contributed by atoms with van der Waals surface area (Å²) in [5.41, 5.74) is 0.403. The summed E-state index contributed by atoms with van der Waals surface area (Å²) in [4.78, 5) is 4.27. The monoisotopic (exact) mass is 242 g/mol. The third-order valence-corrected chi connectivity index (χ3v) is 3.56. The quantitative estimate of drug-likeness (QED) is 0.860. The highest BCUT2D eigenvalue weighted by molar-refractivity contribution is 8.15. The lowest BCUT2D eigenvalue weighted by molar-refractivity contribution is 0.584. The summed E-state index contributed by atoms with van der Waals surface area (Å²) in [6, 6.07) is 3.36. The highest BCUT2D eigenvalue weighted by Gasteiger charge is 2.17. The number of hydrogen-bond acceptors (Lipinski definition) is 3. The van der Waals surface area contributed by atoms with Crippen LogP contribution in [-0.4, -0.2) is 17.0 Å². The van der Waals surface area contributed by atoms with Gasteiger partial charge in [-0.25, -0.2) is 8.78 Å². The van der Waals surface area contributed by atoms with Crippen molar-refractivity contribution in [2.75, 3.05) is 11.9 Å². The van der Waals surface area contributed by atoms with Crippen molar-refractivity contribution in [1.82, 2.24) is 0 Å². The number of amidine groups is 1. The molecule has 1 atom stereocenters. The molecule has 0 aliphatic carbocycles. The Morgan fingerprint density at radius 2 is 2.06 bits per heavy atom. The third-order valence-electron chi connectivity index (χ3n) is 2.29. The first kappa shape index (κ1) is 11.4. The molecule has 1 aromatic rings. The van der Waals surface area contributed by atoms with Gasteiger partial charge in [0, 0.05) is 17.0 Å². The van der Waals surface area contributed by atoms with Gasteiger partial charge in [0.25, 0.3) is 0 Å². The van der Waals surface area contributed by atoms with E-state index in [1.165, 1.54) is 12.1 Å². The van der Waals surface area contributed by atoms with E-state index in [1.54, 1.807) is 11.8 Å². The molecule has 16 heavy (non-hydrogen) atoms. The van der Waals surface area contributed by atoms with Crippen LogP contribution < -0.4 is 5.32 Å². The van der Waals surface area contributed by atoms with E-state index in [4.69, 9.17) is 0 Å². The summed E-state index contributed by atoms with van der Waals surface area (Å²) < 4.78 is 25.8. The standard InChI is InChI=1S/C11H12F2N2S/c1-2-10-6-14-11(16-10)15-9-4-7(12)3-8(13)5-9/h3-5,10H,2,6H2,1H3,(H,14,15). The molecule has 1 aliphatic heterocycles. The number of nitrogens with one attached hydrogen (secondary N) is 1. The Morgan fingerprint density at radius 1 is 1.38 bits per heavy atom. The Hall–Kier alpha value is -1.10. The van der Waals surface area contributed by atoms with Crippen LogP contribution in [0.15, 0.2) is 23.2 Å². The van der Waals surface area contributed by atoms with Gasteiger partial charge in [-0.3, -0.25) is 4.99 Å². The van der Waals surface area contributed by atoms with Crippen LogP contribution in [0.25, 0.3) is 0 Å². The molecule has 1 aliphatic rings. The van der Waals surface area contributed by atoms with Crippen molar-refractivity contribution in [3.05, 3.63) is 29.8 Å². The molecule has 0 aromatic heterocycles. The van der Waals surface area contributed by atoms with E-state index in [-0.39, 0.29) is 0 Å². The van der Waals surface area contributed by atoms with Crippen molar-refractivity contribution < 1.29 is 8.78 Å². The first-order chi connectivity index (χ1) is 7.67. The summed E-state index contributed by atoms with van der Waals surface area (Å²) >= 11 is 1.61. The van der Waals surface area contributed by atoms with Crippen molar-refractivity contribution in [1.29, 1.82) is 0 Å². The minimum Gasteiger partial charge on any atom is -0.335 e. The number of anilines is 1. The number of aliphatic imine (C=N–C) groups is 1. The van der Waals surface area contributed by atoms with Crippen LogP contribution in [-0.2, 0) is 0 Å². The fourth-order valence-electron chi connectivity index (χ4n) is 1.45. The van der Waals surface area contributed by atoms with Crippen molar-refractivity contribution in [3.8, 4) is 0 Å². The first-order valence-electron chi connectivity index (χ1n) is 5.11. The van der Waals surface area contributed by atoms with Gasteiger partial charge in [0.15, 0.2) is 5.17 Å². The summed E-state index contributed by atoms with van der Waals surface area (Å²) in [7, 11) is 0. The minimum atomic E-state index is -0.585. The molecule has 0 amide bonds. The molecule has 86 valence electrons. The second-order valence-electron chi connectivity index (χ2n) is 3.58. The van der Waals surface area contributed by atoms with Crippen LogP contribution in [0.2, 0.25) is 0 Å². The predicted octanol–water partition coefficient (Wildman–Crippen LogP) is 3.26. The zero-order chi connectivity index (χ0) is 11.5. The molecule has 1 aromatic carbocycles. The van der Waals surface area contributed by atoms with Gasteiger partial charge < -0.3 is 5.32 Å². The molecule has 5 heteroatoms. The second kappa shape index (κ2) is 4.82. The predicted molar refractivity (Wildman–Crippen MR) is 64.0 cm³/mol. The molecular formula is C11H12F2N2S. The third kappa shape index (κ3) is 2.72. The maximum absolute atomic E-state index is 12.9. The number of nitrogens with zero attached hydrogens (tertiary/aromatic N) is 1. The molecule has 1 unspecified atom stereocenters. The zero-order valence-corrected chi connectivity index (χ0v) is 9.65. The lowest BCUT2D eigenvalue weighted by atomic mass is 10.3. The van der Waals surface area contributed by atoms with E-state index in [0.717, 1.165) is 24.2 Å². The molecule has 1 N–H and O–H groups in total. The summed E-state index contributed by atoms with van der Waals surface area (Å²) in [5, 5.41) is 4.13. The molecule has 0 radical (unpaired) electrons. The largest absolute Gasteiger partial charge is 0.335 e. The highest BCUT2D eigenvalue weighted by Crippen LogP contribution is 2.25. The average Bonchev–Trinajstić information content (AvgIpc) is 2.64. The van der Waals surface area contributed by atoms with Crippen LogP contribution in [0.3, 0.4) is 0 Å². The molecule has 0 saturated carbocycles. The Kier molecular flexibility index (Phi) is 3.43. The van der Waals surface area contributed by atoms with E-state index in [1.807, 2.05) is 0 Å². The number of benzene rings is 1. The van der Waals surface area contributed by atoms with E-state index in [0.29, 0.717) is 10.9 Å². The SMILES string of the molecule is CCC1CN=C(Nc2cc(F)cc(F)c2)S1. The Morgan fingerprint density at radius 3 is 2.62 bits per heavy atom. The number of thioether (sulfide) groups is 1. The number of halogens is 2. The van der Waals surface area contributed by atoms with Crippen LogP contribution >= 0.6 is 11.8 Å². The Balaban J connectivity index is 2.05. The van der Waals surface area contributed by atoms with Crippen LogP contribution in [0.4, 0.5) is 14.5 Å². The maximum atomic E-state index is 12.9. The molecule has 2 nitrogen and oxygen atoms in total. The molecule has 0 spiro atoms. The molecule has 2 rings (SSSR count). The van der Waals surface area contributed by atoms with Gasteiger partial charge in [-0.1, -0.05) is 18.7 Å². The van der Waals surface area contributed by atoms with Gasteiger partial charge in [-0.2, -0.15) is 0 Å². The molecular weight excluding hydrogens is 230 g/mol.